The molecule has 1 fully saturated rings. The van der Waals surface area contributed by atoms with Crippen molar-refractivity contribution in [2.45, 2.75) is 13.0 Å². The molecule has 1 aliphatic heterocycles. The van der Waals surface area contributed by atoms with Gasteiger partial charge in [-0.3, -0.25) is 25.2 Å². The maximum Gasteiger partial charge on any atom is 0.305 e. The minimum absolute atomic E-state index is 0.0301. The van der Waals surface area contributed by atoms with Crippen LogP contribution in [0.25, 0.3) is 0 Å². The van der Waals surface area contributed by atoms with Gasteiger partial charge in [-0.15, -0.1) is 0 Å². The Morgan fingerprint density at radius 3 is 2.61 bits per heavy atom. The van der Waals surface area contributed by atoms with Crippen LogP contribution in [0.2, 0.25) is 0 Å². The molecule has 3 amide bonds. The minimum Gasteiger partial charge on any atom is -0.497 e. The molecule has 2 heterocycles. The molecule has 1 atom stereocenters. The van der Waals surface area contributed by atoms with Crippen LogP contribution < -0.4 is 25.2 Å². The molecular weight excluding hydrogens is 426 g/mol. The molecule has 0 aliphatic carbocycles. The third kappa shape index (κ3) is 5.32. The summed E-state index contributed by atoms with van der Waals surface area (Å²) in [6.45, 7) is 0.364. The number of hydrogen-bond donors (Lipinski definition) is 2. The Morgan fingerprint density at radius 2 is 1.82 bits per heavy atom. The van der Waals surface area contributed by atoms with Crippen LogP contribution >= 0.6 is 0 Å². The smallest absolute Gasteiger partial charge is 0.305 e. The molecule has 1 aliphatic rings. The number of furan rings is 1. The third-order valence-corrected chi connectivity index (χ3v) is 5.17. The van der Waals surface area contributed by atoms with Gasteiger partial charge >= 0.3 is 5.91 Å². The zero-order valence-corrected chi connectivity index (χ0v) is 17.9. The van der Waals surface area contributed by atoms with Gasteiger partial charge in [-0.2, -0.15) is 0 Å². The Hall–Kier alpha value is -4.27. The first-order valence-corrected chi connectivity index (χ1v) is 10.3. The van der Waals surface area contributed by atoms with Gasteiger partial charge in [0.25, 0.3) is 0 Å². The van der Waals surface area contributed by atoms with E-state index in [1.807, 2.05) is 30.3 Å². The van der Waals surface area contributed by atoms with Crippen molar-refractivity contribution in [2.24, 2.45) is 5.92 Å². The molecule has 9 nitrogen and oxygen atoms in total. The number of nitrogens with zero attached hydrogens (tertiary/aromatic N) is 1. The highest BCUT2D eigenvalue weighted by Crippen LogP contribution is 2.27. The van der Waals surface area contributed by atoms with Crippen molar-refractivity contribution in [3.63, 3.8) is 0 Å². The lowest BCUT2D eigenvalue weighted by Crippen LogP contribution is -2.45. The van der Waals surface area contributed by atoms with Gasteiger partial charge in [-0.1, -0.05) is 24.3 Å². The molecule has 2 aromatic carbocycles. The fourth-order valence-electron chi connectivity index (χ4n) is 3.44. The number of anilines is 1. The van der Waals surface area contributed by atoms with Crippen molar-refractivity contribution in [3.05, 3.63) is 78.3 Å². The van der Waals surface area contributed by atoms with Crippen molar-refractivity contribution in [3.8, 4) is 11.5 Å². The van der Waals surface area contributed by atoms with Gasteiger partial charge in [0, 0.05) is 24.7 Å². The van der Waals surface area contributed by atoms with Gasteiger partial charge in [0.15, 0.2) is 5.76 Å². The van der Waals surface area contributed by atoms with E-state index in [1.54, 1.807) is 37.4 Å². The number of carbonyl (C=O) groups is 3. The van der Waals surface area contributed by atoms with E-state index >= 15 is 0 Å². The molecule has 0 bridgehead atoms. The fourth-order valence-corrected chi connectivity index (χ4v) is 3.44. The van der Waals surface area contributed by atoms with Gasteiger partial charge in [-0.05, 0) is 36.4 Å². The van der Waals surface area contributed by atoms with E-state index in [1.165, 1.54) is 11.0 Å². The summed E-state index contributed by atoms with van der Waals surface area (Å²) in [6.07, 6.45) is 0.0423. The van der Waals surface area contributed by atoms with Crippen LogP contribution in [0.4, 0.5) is 5.69 Å². The molecular formula is C24H23N3O6. The average molecular weight is 449 g/mol. The maximum atomic E-state index is 12.5. The van der Waals surface area contributed by atoms with E-state index in [-0.39, 0.29) is 31.2 Å². The summed E-state index contributed by atoms with van der Waals surface area (Å²) in [5, 5.41) is 0. The SMILES string of the molecule is COc1cccc(N2C[C@@H](C(=O)NNC(=O)c3ccc(COc4ccccc4)o3)CC2=O)c1. The van der Waals surface area contributed by atoms with E-state index in [9.17, 15) is 14.4 Å². The van der Waals surface area contributed by atoms with Crippen molar-refractivity contribution in [2.75, 3.05) is 18.6 Å². The van der Waals surface area contributed by atoms with E-state index < -0.39 is 17.7 Å². The number of carbonyl (C=O) groups excluding carboxylic acids is 3. The standard InChI is InChI=1S/C24H23N3O6/c1-31-19-9-5-6-17(13-19)27-14-16(12-22(27)28)23(29)25-26-24(30)21-11-10-20(33-21)15-32-18-7-3-2-4-8-18/h2-11,13,16H,12,14-15H2,1H3,(H,25,29)(H,26,30)/t16-/m0/s1. The largest absolute Gasteiger partial charge is 0.497 e. The number of benzene rings is 2. The predicted molar refractivity (Wildman–Crippen MR) is 119 cm³/mol. The van der Waals surface area contributed by atoms with Gasteiger partial charge in [0.2, 0.25) is 11.8 Å². The van der Waals surface area contributed by atoms with Crippen molar-refractivity contribution in [1.82, 2.24) is 10.9 Å². The van der Waals surface area contributed by atoms with Crippen LogP contribution in [0, 0.1) is 5.92 Å². The van der Waals surface area contributed by atoms with Crippen LogP contribution in [0.1, 0.15) is 22.7 Å². The lowest BCUT2D eigenvalue weighted by atomic mass is 10.1. The maximum absolute atomic E-state index is 12.5. The Balaban J connectivity index is 1.28. The number of para-hydroxylation sites is 1. The topological polar surface area (TPSA) is 110 Å². The molecule has 33 heavy (non-hydrogen) atoms. The summed E-state index contributed by atoms with van der Waals surface area (Å²) in [5.74, 6) is -0.0503. The number of methoxy groups -OCH3 is 1. The number of hydrogen-bond acceptors (Lipinski definition) is 6. The molecule has 0 spiro atoms. The lowest BCUT2D eigenvalue weighted by molar-refractivity contribution is -0.126. The molecule has 170 valence electrons. The summed E-state index contributed by atoms with van der Waals surface area (Å²) < 4.78 is 16.2. The van der Waals surface area contributed by atoms with Crippen LogP contribution in [-0.2, 0) is 16.2 Å². The Morgan fingerprint density at radius 1 is 1.03 bits per heavy atom. The Bertz CT molecular complexity index is 1140. The second-order valence-corrected chi connectivity index (χ2v) is 7.42. The van der Waals surface area contributed by atoms with Gasteiger partial charge in [-0.25, -0.2) is 0 Å². The number of rotatable bonds is 7. The van der Waals surface area contributed by atoms with Crippen molar-refractivity contribution in [1.29, 1.82) is 0 Å². The second-order valence-electron chi connectivity index (χ2n) is 7.42. The van der Waals surface area contributed by atoms with Crippen molar-refractivity contribution < 1.29 is 28.3 Å². The number of ether oxygens (including phenoxy) is 2. The van der Waals surface area contributed by atoms with Crippen LogP contribution in [0.3, 0.4) is 0 Å². The quantitative estimate of drug-likeness (QED) is 0.537. The second kappa shape index (κ2) is 9.90. The normalized spacial score (nSPS) is 15.2. The third-order valence-electron chi connectivity index (χ3n) is 5.17. The molecule has 0 radical (unpaired) electrons. The average Bonchev–Trinajstić information content (AvgIpc) is 3.48. The van der Waals surface area contributed by atoms with E-state index in [2.05, 4.69) is 10.9 Å². The molecule has 1 saturated heterocycles. The summed E-state index contributed by atoms with van der Waals surface area (Å²) in [6, 6.07) is 19.4. The Kier molecular flexibility index (Phi) is 6.58. The van der Waals surface area contributed by atoms with Crippen molar-refractivity contribution >= 4 is 23.4 Å². The zero-order chi connectivity index (χ0) is 23.2. The first kappa shape index (κ1) is 21.9. The van der Waals surface area contributed by atoms with Crippen LogP contribution in [0.15, 0.2) is 71.1 Å². The number of nitrogens with one attached hydrogen (secondary N) is 2. The number of hydrazine groups is 1. The van der Waals surface area contributed by atoms with Gasteiger partial charge < -0.3 is 18.8 Å². The highest BCUT2D eigenvalue weighted by Gasteiger charge is 2.35. The monoisotopic (exact) mass is 449 g/mol. The van der Waals surface area contributed by atoms with E-state index in [4.69, 9.17) is 13.9 Å². The molecule has 0 unspecified atom stereocenters. The van der Waals surface area contributed by atoms with Gasteiger partial charge in [0.1, 0.15) is 23.9 Å². The molecule has 0 saturated carbocycles. The Labute approximate surface area is 190 Å². The lowest BCUT2D eigenvalue weighted by Gasteiger charge is -2.17. The molecule has 1 aromatic heterocycles. The van der Waals surface area contributed by atoms with Crippen LogP contribution in [0.5, 0.6) is 11.5 Å². The summed E-state index contributed by atoms with van der Waals surface area (Å²) >= 11 is 0. The summed E-state index contributed by atoms with van der Waals surface area (Å²) in [7, 11) is 1.54. The molecule has 9 heteroatoms. The van der Waals surface area contributed by atoms with E-state index in [0.717, 1.165) is 0 Å². The minimum atomic E-state index is -0.608. The molecule has 4 rings (SSSR count). The highest BCUT2D eigenvalue weighted by atomic mass is 16.5. The summed E-state index contributed by atoms with van der Waals surface area (Å²) in [5.41, 5.74) is 5.35. The molecule has 2 N–H and O–H groups in total. The zero-order valence-electron chi connectivity index (χ0n) is 17.9. The molecule has 3 aromatic rings. The first-order chi connectivity index (χ1) is 16.0. The first-order valence-electron chi connectivity index (χ1n) is 10.3. The highest BCUT2D eigenvalue weighted by molar-refractivity contribution is 6.01. The summed E-state index contributed by atoms with van der Waals surface area (Å²) in [4.78, 5) is 38.8. The number of amides is 3. The van der Waals surface area contributed by atoms with Crippen LogP contribution in [-0.4, -0.2) is 31.4 Å². The van der Waals surface area contributed by atoms with E-state index in [0.29, 0.717) is 22.9 Å². The predicted octanol–water partition coefficient (Wildman–Crippen LogP) is 2.68. The van der Waals surface area contributed by atoms with Gasteiger partial charge in [0.05, 0.1) is 13.0 Å². The fraction of sp³-hybridized carbons (Fsp3) is 0.208.